The molecule has 0 fully saturated rings. The molecular formula is C65H118O6. The third-order valence-electron chi connectivity index (χ3n) is 13.8. The van der Waals surface area contributed by atoms with Gasteiger partial charge in [0.05, 0.1) is 0 Å². The second kappa shape index (κ2) is 59.9. The van der Waals surface area contributed by atoms with Crippen LogP contribution < -0.4 is 0 Å². The van der Waals surface area contributed by atoms with Crippen molar-refractivity contribution < 1.29 is 28.6 Å². The molecule has 0 aliphatic carbocycles. The Hall–Kier alpha value is -2.63. The van der Waals surface area contributed by atoms with Crippen LogP contribution in [0, 0.1) is 0 Å². The molecule has 0 aromatic rings. The molecule has 0 radical (unpaired) electrons. The predicted molar refractivity (Wildman–Crippen MR) is 307 cm³/mol. The van der Waals surface area contributed by atoms with Crippen LogP contribution in [0.3, 0.4) is 0 Å². The van der Waals surface area contributed by atoms with E-state index in [1.54, 1.807) is 0 Å². The lowest BCUT2D eigenvalue weighted by Gasteiger charge is -2.18. The highest BCUT2D eigenvalue weighted by molar-refractivity contribution is 5.71. The first-order chi connectivity index (χ1) is 35.0. The van der Waals surface area contributed by atoms with E-state index in [0.29, 0.717) is 19.3 Å². The average Bonchev–Trinajstić information content (AvgIpc) is 3.37. The van der Waals surface area contributed by atoms with E-state index in [1.165, 1.54) is 193 Å². The Kier molecular flexibility index (Phi) is 57.7. The summed E-state index contributed by atoms with van der Waals surface area (Å²) in [5.74, 6) is -0.895. The van der Waals surface area contributed by atoms with Gasteiger partial charge in [0.15, 0.2) is 6.10 Å². The highest BCUT2D eigenvalue weighted by Crippen LogP contribution is 2.18. The van der Waals surface area contributed by atoms with E-state index in [9.17, 15) is 14.4 Å². The topological polar surface area (TPSA) is 78.9 Å². The highest BCUT2D eigenvalue weighted by Gasteiger charge is 2.19. The molecule has 0 aromatic heterocycles. The van der Waals surface area contributed by atoms with E-state index in [0.717, 1.165) is 96.3 Å². The zero-order valence-corrected chi connectivity index (χ0v) is 47.5. The standard InChI is InChI=1S/C65H118O6/c1-4-7-10-13-16-18-20-22-24-26-27-28-29-30-31-32-33-34-35-36-37-39-40-42-44-46-49-52-55-58-64(67)70-61-62(60-69-63(66)57-54-51-48-15-12-9-6-3)71-65(68)59-56-53-50-47-45-43-41-38-25-23-21-19-17-14-11-8-5-2/h8,11,17,19,23,25,41,43,62H,4-7,9-10,12-16,18,20-22,24,26-40,42,44-61H2,1-3H3/b11-8-,19-17-,25-23-,43-41-. The number of rotatable bonds is 57. The van der Waals surface area contributed by atoms with E-state index in [-0.39, 0.29) is 31.1 Å². The van der Waals surface area contributed by atoms with Gasteiger partial charge in [-0.25, -0.2) is 0 Å². The lowest BCUT2D eigenvalue weighted by molar-refractivity contribution is -0.167. The minimum Gasteiger partial charge on any atom is -0.462 e. The van der Waals surface area contributed by atoms with E-state index in [4.69, 9.17) is 14.2 Å². The molecule has 6 heteroatoms. The fourth-order valence-corrected chi connectivity index (χ4v) is 9.20. The van der Waals surface area contributed by atoms with Crippen LogP contribution in [0.1, 0.15) is 329 Å². The summed E-state index contributed by atoms with van der Waals surface area (Å²) in [6.07, 6.45) is 74.5. The van der Waals surface area contributed by atoms with Gasteiger partial charge in [0.1, 0.15) is 13.2 Å². The maximum Gasteiger partial charge on any atom is 0.306 e. The number of hydrogen-bond acceptors (Lipinski definition) is 6. The van der Waals surface area contributed by atoms with Crippen molar-refractivity contribution in [3.05, 3.63) is 48.6 Å². The van der Waals surface area contributed by atoms with Crippen molar-refractivity contribution in [1.82, 2.24) is 0 Å². The number of esters is 3. The zero-order chi connectivity index (χ0) is 51.4. The van der Waals surface area contributed by atoms with E-state index >= 15 is 0 Å². The van der Waals surface area contributed by atoms with Crippen LogP contribution >= 0.6 is 0 Å². The van der Waals surface area contributed by atoms with Crippen molar-refractivity contribution in [3.8, 4) is 0 Å². The number of unbranched alkanes of at least 4 members (excludes halogenated alkanes) is 38. The Morgan fingerprint density at radius 2 is 0.549 bits per heavy atom. The minimum atomic E-state index is -0.781. The second-order valence-electron chi connectivity index (χ2n) is 21.0. The molecule has 71 heavy (non-hydrogen) atoms. The second-order valence-corrected chi connectivity index (χ2v) is 21.0. The third kappa shape index (κ3) is 58.1. The Balaban J connectivity index is 4.05. The van der Waals surface area contributed by atoms with Crippen LogP contribution in [0.25, 0.3) is 0 Å². The molecule has 0 spiro atoms. The van der Waals surface area contributed by atoms with Gasteiger partial charge in [0.2, 0.25) is 0 Å². The number of carbonyl (C=O) groups is 3. The summed E-state index contributed by atoms with van der Waals surface area (Å²) in [5, 5.41) is 0. The van der Waals surface area contributed by atoms with Crippen molar-refractivity contribution in [2.24, 2.45) is 0 Å². The Morgan fingerprint density at radius 3 is 0.859 bits per heavy atom. The highest BCUT2D eigenvalue weighted by atomic mass is 16.6. The predicted octanol–water partition coefficient (Wildman–Crippen LogP) is 21.0. The summed E-state index contributed by atoms with van der Waals surface area (Å²) in [6, 6.07) is 0. The van der Waals surface area contributed by atoms with Crippen molar-refractivity contribution >= 4 is 17.9 Å². The summed E-state index contributed by atoms with van der Waals surface area (Å²) < 4.78 is 16.8. The Morgan fingerprint density at radius 1 is 0.296 bits per heavy atom. The van der Waals surface area contributed by atoms with Crippen molar-refractivity contribution in [1.29, 1.82) is 0 Å². The van der Waals surface area contributed by atoms with E-state index in [2.05, 4.69) is 69.4 Å². The smallest absolute Gasteiger partial charge is 0.306 e. The lowest BCUT2D eigenvalue weighted by Crippen LogP contribution is -2.30. The lowest BCUT2D eigenvalue weighted by atomic mass is 10.0. The zero-order valence-electron chi connectivity index (χ0n) is 47.5. The summed E-state index contributed by atoms with van der Waals surface area (Å²) in [6.45, 7) is 6.50. The molecule has 1 unspecified atom stereocenters. The number of carbonyl (C=O) groups excluding carboxylic acids is 3. The molecule has 414 valence electrons. The molecule has 0 aromatic carbocycles. The van der Waals surface area contributed by atoms with Crippen LogP contribution in [0.5, 0.6) is 0 Å². The first-order valence-electron chi connectivity index (χ1n) is 31.1. The van der Waals surface area contributed by atoms with Gasteiger partial charge in [0, 0.05) is 19.3 Å². The van der Waals surface area contributed by atoms with Gasteiger partial charge in [-0.3, -0.25) is 14.4 Å². The number of hydrogen-bond donors (Lipinski definition) is 0. The Bertz CT molecular complexity index is 1230. The molecule has 0 amide bonds. The fourth-order valence-electron chi connectivity index (χ4n) is 9.20. The fraction of sp³-hybridized carbons (Fsp3) is 0.831. The maximum atomic E-state index is 12.8. The van der Waals surface area contributed by atoms with Crippen LogP contribution in [-0.2, 0) is 28.6 Å². The average molecular weight is 996 g/mol. The maximum absolute atomic E-state index is 12.8. The van der Waals surface area contributed by atoms with Crippen molar-refractivity contribution in [3.63, 3.8) is 0 Å². The quantitative estimate of drug-likeness (QED) is 0.0261. The third-order valence-corrected chi connectivity index (χ3v) is 13.8. The first-order valence-corrected chi connectivity index (χ1v) is 31.1. The summed E-state index contributed by atoms with van der Waals surface area (Å²) >= 11 is 0. The van der Waals surface area contributed by atoms with Crippen LogP contribution in [-0.4, -0.2) is 37.2 Å². The van der Waals surface area contributed by atoms with Crippen molar-refractivity contribution in [2.45, 2.75) is 335 Å². The van der Waals surface area contributed by atoms with Gasteiger partial charge in [-0.1, -0.05) is 301 Å². The largest absolute Gasteiger partial charge is 0.462 e. The van der Waals surface area contributed by atoms with Gasteiger partial charge in [-0.2, -0.15) is 0 Å². The summed E-state index contributed by atoms with van der Waals surface area (Å²) in [7, 11) is 0. The molecule has 0 aliphatic heterocycles. The molecule has 1 atom stereocenters. The molecule has 0 rings (SSSR count). The molecule has 0 bridgehead atoms. The SMILES string of the molecule is CC/C=C\C/C=C\C/C=C\C/C=C\CCCCCCC(=O)OC(COC(=O)CCCCCCCCC)COC(=O)CCCCCCCCCCCCCCCCCCCCCCCCCCCCCCC. The molecule has 0 N–H and O–H groups in total. The molecular weight excluding hydrogens is 877 g/mol. The monoisotopic (exact) mass is 995 g/mol. The van der Waals surface area contributed by atoms with Gasteiger partial charge in [-0.05, 0) is 57.8 Å². The van der Waals surface area contributed by atoms with Gasteiger partial charge in [0.25, 0.3) is 0 Å². The van der Waals surface area contributed by atoms with Crippen LogP contribution in [0.2, 0.25) is 0 Å². The number of allylic oxidation sites excluding steroid dienone is 8. The normalized spacial score (nSPS) is 12.3. The van der Waals surface area contributed by atoms with Crippen LogP contribution in [0.4, 0.5) is 0 Å². The molecule has 0 heterocycles. The van der Waals surface area contributed by atoms with Crippen LogP contribution in [0.15, 0.2) is 48.6 Å². The number of ether oxygens (including phenoxy) is 3. The molecule has 0 saturated carbocycles. The van der Waals surface area contributed by atoms with E-state index in [1.807, 2.05) is 0 Å². The summed E-state index contributed by atoms with van der Waals surface area (Å²) in [4.78, 5) is 38.0. The molecule has 0 saturated heterocycles. The van der Waals surface area contributed by atoms with Gasteiger partial charge >= 0.3 is 17.9 Å². The van der Waals surface area contributed by atoms with E-state index < -0.39 is 6.10 Å². The molecule has 6 nitrogen and oxygen atoms in total. The summed E-state index contributed by atoms with van der Waals surface area (Å²) in [5.41, 5.74) is 0. The Labute approximate surface area is 441 Å². The molecule has 0 aliphatic rings. The van der Waals surface area contributed by atoms with Gasteiger partial charge in [-0.15, -0.1) is 0 Å². The van der Waals surface area contributed by atoms with Crippen molar-refractivity contribution in [2.75, 3.05) is 13.2 Å². The van der Waals surface area contributed by atoms with Gasteiger partial charge < -0.3 is 14.2 Å². The first kappa shape index (κ1) is 68.4. The minimum absolute atomic E-state index is 0.0796.